The van der Waals surface area contributed by atoms with Gasteiger partial charge in [0.15, 0.2) is 5.82 Å². The number of aliphatic carboxylic acids is 1. The van der Waals surface area contributed by atoms with E-state index in [0.29, 0.717) is 24.2 Å². The maximum absolute atomic E-state index is 10.9. The molecule has 1 aliphatic rings. The first kappa shape index (κ1) is 15.0. The van der Waals surface area contributed by atoms with Gasteiger partial charge in [0.2, 0.25) is 0 Å². The Morgan fingerprint density at radius 2 is 2.19 bits per heavy atom. The molecule has 2 rings (SSSR count). The number of rotatable bonds is 5. The first-order chi connectivity index (χ1) is 10.1. The summed E-state index contributed by atoms with van der Waals surface area (Å²) in [4.78, 5) is 10.9. The highest BCUT2D eigenvalue weighted by molar-refractivity contribution is 5.73. The summed E-state index contributed by atoms with van der Waals surface area (Å²) in [7, 11) is 0. The molecule has 1 aliphatic carbocycles. The molecule has 0 amide bonds. The number of nitriles is 1. The van der Waals surface area contributed by atoms with Gasteiger partial charge in [-0.25, -0.2) is 0 Å². The van der Waals surface area contributed by atoms with Crippen LogP contribution in [0.3, 0.4) is 0 Å². The molecular weight excluding hydrogens is 268 g/mol. The molecule has 1 aromatic heterocycles. The average Bonchev–Trinajstić information content (AvgIpc) is 2.95. The Kier molecular flexibility index (Phi) is 4.53. The minimum Gasteiger partial charge on any atom is -0.481 e. The number of carbonyl (C=O) groups is 1. The van der Waals surface area contributed by atoms with Crippen LogP contribution in [-0.4, -0.2) is 27.3 Å². The molecule has 0 radical (unpaired) electrons. The van der Waals surface area contributed by atoms with Crippen molar-refractivity contribution in [2.75, 3.05) is 5.32 Å². The van der Waals surface area contributed by atoms with Crippen molar-refractivity contribution in [1.29, 1.82) is 5.26 Å². The van der Waals surface area contributed by atoms with Crippen LogP contribution < -0.4 is 5.32 Å². The van der Waals surface area contributed by atoms with Gasteiger partial charge in [0.1, 0.15) is 11.6 Å². The lowest BCUT2D eigenvalue weighted by Gasteiger charge is -2.16. The van der Waals surface area contributed by atoms with Crippen molar-refractivity contribution in [1.82, 2.24) is 10.2 Å². The monoisotopic (exact) mass is 286 g/mol. The minimum atomic E-state index is -0.835. The normalized spacial score (nSPS) is 20.2. The second-order valence-corrected chi connectivity index (χ2v) is 4.98. The molecular formula is C15H18N4O2. The summed E-state index contributed by atoms with van der Waals surface area (Å²) < 4.78 is 0. The Morgan fingerprint density at radius 1 is 1.43 bits per heavy atom. The van der Waals surface area contributed by atoms with Gasteiger partial charge in [-0.2, -0.15) is 10.4 Å². The van der Waals surface area contributed by atoms with Gasteiger partial charge < -0.3 is 10.4 Å². The second-order valence-electron chi connectivity index (χ2n) is 4.98. The van der Waals surface area contributed by atoms with Gasteiger partial charge in [-0.3, -0.25) is 4.79 Å². The van der Waals surface area contributed by atoms with Gasteiger partial charge in [0.25, 0.3) is 0 Å². The third-order valence-corrected chi connectivity index (χ3v) is 3.68. The molecule has 0 aromatic carbocycles. The molecule has 6 nitrogen and oxygen atoms in total. The Morgan fingerprint density at radius 3 is 2.71 bits per heavy atom. The largest absolute Gasteiger partial charge is 0.481 e. The lowest BCUT2D eigenvalue weighted by Crippen LogP contribution is -2.21. The van der Waals surface area contributed by atoms with Gasteiger partial charge >= 0.3 is 5.97 Å². The van der Waals surface area contributed by atoms with E-state index < -0.39 is 11.9 Å². The lowest BCUT2D eigenvalue weighted by molar-refractivity contribution is -0.140. The number of carboxylic acids is 1. The highest BCUT2D eigenvalue weighted by atomic mass is 16.4. The molecule has 0 spiro atoms. The van der Waals surface area contributed by atoms with Crippen LogP contribution >= 0.6 is 0 Å². The van der Waals surface area contributed by atoms with Crippen LogP contribution in [-0.2, 0) is 17.6 Å². The van der Waals surface area contributed by atoms with Crippen LogP contribution in [0.15, 0.2) is 12.2 Å². The maximum atomic E-state index is 10.9. The fraction of sp³-hybridized carbons (Fsp3) is 0.467. The zero-order valence-electron chi connectivity index (χ0n) is 12.1. The zero-order chi connectivity index (χ0) is 15.4. The number of anilines is 1. The third-order valence-electron chi connectivity index (χ3n) is 3.68. The molecule has 2 N–H and O–H groups in total. The number of hydrogen-bond donors (Lipinski definition) is 2. The first-order valence-corrected chi connectivity index (χ1v) is 7.06. The van der Waals surface area contributed by atoms with Crippen molar-refractivity contribution in [2.24, 2.45) is 5.92 Å². The SMILES string of the molecule is CCc1nnc(NC2C=CC(C(=O)O)C2)c(C#N)c1CC. The van der Waals surface area contributed by atoms with E-state index in [1.165, 1.54) is 0 Å². The minimum absolute atomic E-state index is 0.135. The van der Waals surface area contributed by atoms with E-state index in [1.54, 1.807) is 12.2 Å². The van der Waals surface area contributed by atoms with Crippen molar-refractivity contribution in [3.05, 3.63) is 29.0 Å². The molecule has 1 aromatic rings. The highest BCUT2D eigenvalue weighted by Gasteiger charge is 2.25. The molecule has 0 aliphatic heterocycles. The van der Waals surface area contributed by atoms with Gasteiger partial charge in [-0.15, -0.1) is 5.10 Å². The number of carboxylic acid groups (broad SMARTS) is 1. The van der Waals surface area contributed by atoms with Crippen molar-refractivity contribution in [2.45, 2.75) is 39.2 Å². The van der Waals surface area contributed by atoms with Crippen LogP contribution in [0.25, 0.3) is 0 Å². The van der Waals surface area contributed by atoms with Crippen molar-refractivity contribution in [3.63, 3.8) is 0 Å². The maximum Gasteiger partial charge on any atom is 0.310 e. The van der Waals surface area contributed by atoms with Crippen LogP contribution in [0.1, 0.15) is 37.1 Å². The summed E-state index contributed by atoms with van der Waals surface area (Å²) >= 11 is 0. The predicted molar refractivity (Wildman–Crippen MR) is 77.8 cm³/mol. The number of aromatic nitrogens is 2. The number of nitrogens with zero attached hydrogens (tertiary/aromatic N) is 3. The van der Waals surface area contributed by atoms with Crippen LogP contribution in [0.5, 0.6) is 0 Å². The van der Waals surface area contributed by atoms with Crippen molar-refractivity contribution >= 4 is 11.8 Å². The van der Waals surface area contributed by atoms with E-state index in [4.69, 9.17) is 5.11 Å². The summed E-state index contributed by atoms with van der Waals surface area (Å²) in [6, 6.07) is 2.06. The van der Waals surface area contributed by atoms with E-state index >= 15 is 0 Å². The van der Waals surface area contributed by atoms with Crippen LogP contribution in [0, 0.1) is 17.2 Å². The summed E-state index contributed by atoms with van der Waals surface area (Å²) in [5.41, 5.74) is 2.26. The van der Waals surface area contributed by atoms with E-state index in [0.717, 1.165) is 17.7 Å². The Hall–Kier alpha value is -2.42. The molecule has 0 bridgehead atoms. The molecule has 2 atom stereocenters. The number of nitrogens with one attached hydrogen (secondary N) is 1. The standard InChI is InChI=1S/C15H18N4O2/c1-3-11-12(8-16)14(19-18-13(11)4-2)17-10-6-5-9(7-10)15(20)21/h5-6,9-10H,3-4,7H2,1-2H3,(H,17,19)(H,20,21). The first-order valence-electron chi connectivity index (χ1n) is 7.06. The Balaban J connectivity index is 2.24. The van der Waals surface area contributed by atoms with E-state index in [1.807, 2.05) is 13.8 Å². The third kappa shape index (κ3) is 3.02. The van der Waals surface area contributed by atoms with Gasteiger partial charge in [-0.05, 0) is 24.8 Å². The molecule has 21 heavy (non-hydrogen) atoms. The van der Waals surface area contributed by atoms with Gasteiger partial charge in [-0.1, -0.05) is 26.0 Å². The van der Waals surface area contributed by atoms with Gasteiger partial charge in [0, 0.05) is 6.04 Å². The summed E-state index contributed by atoms with van der Waals surface area (Å²) in [5, 5.41) is 29.8. The zero-order valence-corrected chi connectivity index (χ0v) is 12.1. The predicted octanol–water partition coefficient (Wildman–Crippen LogP) is 1.91. The second kappa shape index (κ2) is 6.35. The topological polar surface area (TPSA) is 98.9 Å². The summed E-state index contributed by atoms with van der Waals surface area (Å²) in [6.45, 7) is 3.96. The quantitative estimate of drug-likeness (QED) is 0.802. The Bertz CT molecular complexity index is 619. The fourth-order valence-corrected chi connectivity index (χ4v) is 2.56. The molecule has 1 heterocycles. The smallest absolute Gasteiger partial charge is 0.310 e. The van der Waals surface area contributed by atoms with E-state index in [2.05, 4.69) is 21.6 Å². The molecule has 0 saturated carbocycles. The molecule has 0 saturated heterocycles. The lowest BCUT2D eigenvalue weighted by atomic mass is 10.0. The fourth-order valence-electron chi connectivity index (χ4n) is 2.56. The van der Waals surface area contributed by atoms with Crippen LogP contribution in [0.4, 0.5) is 5.82 Å². The average molecular weight is 286 g/mol. The molecule has 2 unspecified atom stereocenters. The Labute approximate surface area is 123 Å². The van der Waals surface area contributed by atoms with Crippen molar-refractivity contribution in [3.8, 4) is 6.07 Å². The number of aryl methyl sites for hydroxylation is 1. The molecule has 110 valence electrons. The van der Waals surface area contributed by atoms with E-state index in [9.17, 15) is 10.1 Å². The summed E-state index contributed by atoms with van der Waals surface area (Å²) in [6.07, 6.45) is 5.38. The van der Waals surface area contributed by atoms with E-state index in [-0.39, 0.29) is 6.04 Å². The highest BCUT2D eigenvalue weighted by Crippen LogP contribution is 2.25. The number of hydrogen-bond acceptors (Lipinski definition) is 5. The van der Waals surface area contributed by atoms with Crippen molar-refractivity contribution < 1.29 is 9.90 Å². The molecule has 6 heteroatoms. The van der Waals surface area contributed by atoms with Gasteiger partial charge in [0.05, 0.1) is 11.6 Å². The molecule has 0 fully saturated rings. The summed E-state index contributed by atoms with van der Waals surface area (Å²) in [5.74, 6) is -0.883. The van der Waals surface area contributed by atoms with Crippen LogP contribution in [0.2, 0.25) is 0 Å².